The molecule has 2 nitrogen and oxygen atoms in total. The van der Waals surface area contributed by atoms with Crippen molar-refractivity contribution in [3.8, 4) is 0 Å². The lowest BCUT2D eigenvalue weighted by Crippen LogP contribution is -2.28. The Morgan fingerprint density at radius 1 is 1.14 bits per heavy atom. The molecule has 0 aliphatic rings. The number of hydrogen-bond donors (Lipinski definition) is 1. The number of methoxy groups -OCH3 is 1. The normalized spacial score (nSPS) is 14.4. The van der Waals surface area contributed by atoms with Crippen LogP contribution in [0.5, 0.6) is 0 Å². The van der Waals surface area contributed by atoms with Gasteiger partial charge in [0.1, 0.15) is 6.10 Å². The fourth-order valence-corrected chi connectivity index (χ4v) is 1.10. The highest BCUT2D eigenvalue weighted by Gasteiger charge is 2.37. The summed E-state index contributed by atoms with van der Waals surface area (Å²) in [6.07, 6.45) is -4.01. The summed E-state index contributed by atoms with van der Waals surface area (Å²) >= 11 is 0. The third kappa shape index (κ3) is 7.15. The van der Waals surface area contributed by atoms with Crippen LogP contribution in [0.3, 0.4) is 0 Å². The van der Waals surface area contributed by atoms with Gasteiger partial charge in [0.15, 0.2) is 0 Å². The molecule has 0 aliphatic heterocycles. The predicted molar refractivity (Wildman–Crippen MR) is 47.0 cm³/mol. The molecule has 1 unspecified atom stereocenters. The van der Waals surface area contributed by atoms with Gasteiger partial charge in [-0.1, -0.05) is 19.3 Å². The largest absolute Gasteiger partial charge is 0.414 e. The first-order valence-electron chi connectivity index (χ1n) is 4.72. The zero-order valence-corrected chi connectivity index (χ0v) is 8.31. The number of halogens is 3. The quantitative estimate of drug-likeness (QED) is 0.660. The predicted octanol–water partition coefficient (Wildman–Crippen LogP) is 2.51. The van der Waals surface area contributed by atoms with Gasteiger partial charge < -0.3 is 9.84 Å². The molecule has 0 aromatic heterocycles. The van der Waals surface area contributed by atoms with Crippen LogP contribution in [-0.2, 0) is 4.74 Å². The average molecular weight is 214 g/mol. The number of aliphatic hydroxyl groups excluding tert-OH is 1. The molecule has 5 heteroatoms. The van der Waals surface area contributed by atoms with Gasteiger partial charge in [-0.2, -0.15) is 13.2 Å². The smallest absolute Gasteiger partial charge is 0.385 e. The fraction of sp³-hybridized carbons (Fsp3) is 1.00. The molecule has 86 valence electrons. The zero-order chi connectivity index (χ0) is 11.0. The molecule has 0 amide bonds. The molecular weight excluding hydrogens is 197 g/mol. The van der Waals surface area contributed by atoms with Gasteiger partial charge in [-0.05, 0) is 12.8 Å². The van der Waals surface area contributed by atoms with Crippen LogP contribution in [0.25, 0.3) is 0 Å². The van der Waals surface area contributed by atoms with Crippen LogP contribution in [0.2, 0.25) is 0 Å². The topological polar surface area (TPSA) is 29.5 Å². The van der Waals surface area contributed by atoms with Crippen LogP contribution < -0.4 is 0 Å². The number of hydrogen-bond acceptors (Lipinski definition) is 2. The van der Waals surface area contributed by atoms with Gasteiger partial charge in [0.05, 0.1) is 0 Å². The molecular formula is C9H17F3O2. The van der Waals surface area contributed by atoms with E-state index in [1.807, 2.05) is 0 Å². The summed E-state index contributed by atoms with van der Waals surface area (Å²) in [6.45, 7) is 0.641. The fourth-order valence-electron chi connectivity index (χ4n) is 1.10. The van der Waals surface area contributed by atoms with Crippen molar-refractivity contribution in [2.24, 2.45) is 0 Å². The van der Waals surface area contributed by atoms with E-state index in [9.17, 15) is 13.2 Å². The Kier molecular flexibility index (Phi) is 6.92. The number of ether oxygens (including phenoxy) is 1. The van der Waals surface area contributed by atoms with Gasteiger partial charge in [0.25, 0.3) is 0 Å². The zero-order valence-electron chi connectivity index (χ0n) is 8.31. The average Bonchev–Trinajstić information content (AvgIpc) is 2.09. The molecule has 14 heavy (non-hydrogen) atoms. The number of unbranched alkanes of at least 4 members (excludes halogenated alkanes) is 3. The molecule has 0 bridgehead atoms. The number of aliphatic hydroxyl groups is 1. The van der Waals surface area contributed by atoms with Gasteiger partial charge in [0.2, 0.25) is 0 Å². The molecule has 0 radical (unpaired) electrons. The highest BCUT2D eigenvalue weighted by atomic mass is 19.4. The highest BCUT2D eigenvalue weighted by molar-refractivity contribution is 4.64. The minimum absolute atomic E-state index is 0.198. The van der Waals surface area contributed by atoms with Crippen molar-refractivity contribution < 1.29 is 23.0 Å². The summed E-state index contributed by atoms with van der Waals surface area (Å²) < 4.78 is 40.2. The number of rotatable bonds is 7. The van der Waals surface area contributed by atoms with Crippen LogP contribution in [0, 0.1) is 0 Å². The Labute approximate surface area is 82.1 Å². The maximum Gasteiger partial charge on any atom is 0.414 e. The van der Waals surface area contributed by atoms with E-state index in [1.165, 1.54) is 0 Å². The van der Waals surface area contributed by atoms with Gasteiger partial charge >= 0.3 is 6.18 Å². The van der Waals surface area contributed by atoms with Gasteiger partial charge in [-0.25, -0.2) is 0 Å². The van der Waals surface area contributed by atoms with E-state index in [0.717, 1.165) is 12.8 Å². The van der Waals surface area contributed by atoms with Crippen LogP contribution in [0.1, 0.15) is 32.1 Å². The third-order valence-electron chi connectivity index (χ3n) is 1.95. The number of alkyl halides is 3. The molecule has 1 N–H and O–H groups in total. The van der Waals surface area contributed by atoms with Crippen molar-refractivity contribution in [1.82, 2.24) is 0 Å². The molecule has 0 aliphatic carbocycles. The lowest BCUT2D eigenvalue weighted by atomic mass is 10.1. The molecule has 0 saturated heterocycles. The van der Waals surface area contributed by atoms with E-state index in [1.54, 1.807) is 7.11 Å². The Hall–Kier alpha value is -0.290. The van der Waals surface area contributed by atoms with Gasteiger partial charge in [-0.15, -0.1) is 0 Å². The summed E-state index contributed by atoms with van der Waals surface area (Å²) in [4.78, 5) is 0. The molecule has 0 spiro atoms. The Bertz CT molecular complexity index is 137. The maximum atomic E-state index is 11.8. The van der Waals surface area contributed by atoms with Crippen molar-refractivity contribution in [3.63, 3.8) is 0 Å². The van der Waals surface area contributed by atoms with E-state index < -0.39 is 12.3 Å². The SMILES string of the molecule is COCCCCCCC(O)C(F)(F)F. The second kappa shape index (κ2) is 7.06. The van der Waals surface area contributed by atoms with Gasteiger partial charge in [0, 0.05) is 13.7 Å². The minimum atomic E-state index is -4.47. The van der Waals surface area contributed by atoms with E-state index in [2.05, 4.69) is 0 Å². The van der Waals surface area contributed by atoms with Crippen LogP contribution >= 0.6 is 0 Å². The summed E-state index contributed by atoms with van der Waals surface area (Å²) in [7, 11) is 1.59. The summed E-state index contributed by atoms with van der Waals surface area (Å²) in [6, 6.07) is 0. The first-order valence-corrected chi connectivity index (χ1v) is 4.72. The molecule has 0 aromatic carbocycles. The van der Waals surface area contributed by atoms with Crippen molar-refractivity contribution in [3.05, 3.63) is 0 Å². The van der Waals surface area contributed by atoms with E-state index >= 15 is 0 Å². The second-order valence-corrected chi connectivity index (χ2v) is 3.25. The first-order chi connectivity index (χ1) is 6.48. The molecule has 0 saturated carbocycles. The Balaban J connectivity index is 3.28. The minimum Gasteiger partial charge on any atom is -0.385 e. The summed E-state index contributed by atoms with van der Waals surface area (Å²) in [5.41, 5.74) is 0. The van der Waals surface area contributed by atoms with Crippen molar-refractivity contribution in [2.45, 2.75) is 44.4 Å². The Morgan fingerprint density at radius 3 is 2.21 bits per heavy atom. The highest BCUT2D eigenvalue weighted by Crippen LogP contribution is 2.23. The molecule has 0 aromatic rings. The van der Waals surface area contributed by atoms with Crippen molar-refractivity contribution in [2.75, 3.05) is 13.7 Å². The Morgan fingerprint density at radius 2 is 1.71 bits per heavy atom. The third-order valence-corrected chi connectivity index (χ3v) is 1.95. The van der Waals surface area contributed by atoms with E-state index in [4.69, 9.17) is 9.84 Å². The lowest BCUT2D eigenvalue weighted by Gasteiger charge is -2.13. The van der Waals surface area contributed by atoms with Crippen molar-refractivity contribution in [1.29, 1.82) is 0 Å². The molecule has 1 atom stereocenters. The first kappa shape index (κ1) is 13.7. The molecule has 0 fully saturated rings. The molecule has 0 rings (SSSR count). The van der Waals surface area contributed by atoms with E-state index in [-0.39, 0.29) is 6.42 Å². The standard InChI is InChI=1S/C9H17F3O2/c1-14-7-5-3-2-4-6-8(13)9(10,11)12/h8,13H,2-7H2,1H3. The van der Waals surface area contributed by atoms with Crippen LogP contribution in [-0.4, -0.2) is 31.1 Å². The van der Waals surface area contributed by atoms with Gasteiger partial charge in [-0.3, -0.25) is 0 Å². The monoisotopic (exact) mass is 214 g/mol. The van der Waals surface area contributed by atoms with Crippen LogP contribution in [0.4, 0.5) is 13.2 Å². The molecule has 0 heterocycles. The lowest BCUT2D eigenvalue weighted by molar-refractivity contribution is -0.205. The summed E-state index contributed by atoms with van der Waals surface area (Å²) in [5, 5.41) is 8.64. The second-order valence-electron chi connectivity index (χ2n) is 3.25. The van der Waals surface area contributed by atoms with Crippen LogP contribution in [0.15, 0.2) is 0 Å². The maximum absolute atomic E-state index is 11.8. The van der Waals surface area contributed by atoms with E-state index in [0.29, 0.717) is 19.4 Å². The van der Waals surface area contributed by atoms with Crippen molar-refractivity contribution >= 4 is 0 Å². The summed E-state index contributed by atoms with van der Waals surface area (Å²) in [5.74, 6) is 0.